The van der Waals surface area contributed by atoms with Crippen molar-refractivity contribution in [1.29, 1.82) is 0 Å². The van der Waals surface area contributed by atoms with Crippen LogP contribution in [0.25, 0.3) is 0 Å². The molecule has 1 saturated heterocycles. The van der Waals surface area contributed by atoms with Crippen LogP contribution in [-0.2, 0) is 24.2 Å². The van der Waals surface area contributed by atoms with Gasteiger partial charge in [-0.1, -0.05) is 43.3 Å². The van der Waals surface area contributed by atoms with E-state index in [2.05, 4.69) is 63.8 Å². The molecule has 1 aliphatic rings. The summed E-state index contributed by atoms with van der Waals surface area (Å²) in [6.07, 6.45) is 1.03. The van der Waals surface area contributed by atoms with Crippen LogP contribution in [-0.4, -0.2) is 57.4 Å². The third kappa shape index (κ3) is 7.04. The average molecular weight is 411 g/mol. The number of ether oxygens (including phenoxy) is 2. The molecular formula is C24H34N4O2. The first kappa shape index (κ1) is 22.1. The molecule has 0 saturated carbocycles. The first-order valence-electron chi connectivity index (χ1n) is 10.8. The normalized spacial score (nSPS) is 15.1. The molecule has 6 nitrogen and oxygen atoms in total. The molecule has 1 heterocycles. The Balaban J connectivity index is 1.44. The van der Waals surface area contributed by atoms with Crippen LogP contribution < -0.4 is 15.4 Å². The summed E-state index contributed by atoms with van der Waals surface area (Å²) in [4.78, 5) is 6.72. The predicted octanol–water partition coefficient (Wildman–Crippen LogP) is 2.83. The number of guanidine groups is 1. The van der Waals surface area contributed by atoms with E-state index in [0.717, 1.165) is 63.1 Å². The lowest BCUT2D eigenvalue weighted by Gasteiger charge is -2.26. The summed E-state index contributed by atoms with van der Waals surface area (Å²) < 4.78 is 11.3. The maximum absolute atomic E-state index is 5.96. The van der Waals surface area contributed by atoms with Gasteiger partial charge in [-0.2, -0.15) is 0 Å². The van der Waals surface area contributed by atoms with Crippen LogP contribution >= 0.6 is 0 Å². The molecule has 1 aliphatic heterocycles. The minimum absolute atomic E-state index is 0.690. The first-order valence-corrected chi connectivity index (χ1v) is 10.8. The van der Waals surface area contributed by atoms with Gasteiger partial charge in [0.05, 0.1) is 13.2 Å². The van der Waals surface area contributed by atoms with Gasteiger partial charge in [0, 0.05) is 39.8 Å². The zero-order chi connectivity index (χ0) is 21.0. The van der Waals surface area contributed by atoms with Crippen LogP contribution in [0.4, 0.5) is 0 Å². The third-order valence-corrected chi connectivity index (χ3v) is 5.31. The molecule has 6 heteroatoms. The number of hydrogen-bond acceptors (Lipinski definition) is 4. The summed E-state index contributed by atoms with van der Waals surface area (Å²) >= 11 is 0. The minimum atomic E-state index is 0.690. The molecule has 0 aromatic heterocycles. The summed E-state index contributed by atoms with van der Waals surface area (Å²) in [6.45, 7) is 8.87. The van der Waals surface area contributed by atoms with Gasteiger partial charge in [-0.3, -0.25) is 9.89 Å². The molecule has 2 aromatic carbocycles. The fourth-order valence-corrected chi connectivity index (χ4v) is 3.52. The zero-order valence-electron chi connectivity index (χ0n) is 18.2. The van der Waals surface area contributed by atoms with Crippen molar-refractivity contribution >= 4 is 5.96 Å². The van der Waals surface area contributed by atoms with Crippen molar-refractivity contribution < 1.29 is 9.47 Å². The van der Waals surface area contributed by atoms with Crippen molar-refractivity contribution in [3.05, 3.63) is 65.2 Å². The largest absolute Gasteiger partial charge is 0.492 e. The molecule has 0 spiro atoms. The molecule has 3 rings (SSSR count). The molecule has 30 heavy (non-hydrogen) atoms. The average Bonchev–Trinajstić information content (AvgIpc) is 2.80. The topological polar surface area (TPSA) is 58.1 Å². The van der Waals surface area contributed by atoms with Gasteiger partial charge >= 0.3 is 0 Å². The molecule has 162 valence electrons. The van der Waals surface area contributed by atoms with Gasteiger partial charge in [0.25, 0.3) is 0 Å². The lowest BCUT2D eigenvalue weighted by Crippen LogP contribution is -2.38. The molecule has 0 amide bonds. The SMILES string of the molecule is CCc1ccccc1CNC(=NC)NCc1cccc(OCCN2CCOCC2)c1. The van der Waals surface area contributed by atoms with E-state index in [1.165, 1.54) is 11.1 Å². The van der Waals surface area contributed by atoms with Crippen molar-refractivity contribution in [2.75, 3.05) is 46.5 Å². The quantitative estimate of drug-likeness (QED) is 0.492. The molecule has 0 radical (unpaired) electrons. The molecule has 1 fully saturated rings. The summed E-state index contributed by atoms with van der Waals surface area (Å²) in [5, 5.41) is 6.80. The summed E-state index contributed by atoms with van der Waals surface area (Å²) in [5.41, 5.74) is 3.83. The van der Waals surface area contributed by atoms with Crippen molar-refractivity contribution in [2.45, 2.75) is 26.4 Å². The van der Waals surface area contributed by atoms with E-state index in [-0.39, 0.29) is 0 Å². The molecule has 2 N–H and O–H groups in total. The van der Waals surface area contributed by atoms with Crippen LogP contribution in [0.5, 0.6) is 5.75 Å². The minimum Gasteiger partial charge on any atom is -0.492 e. The fraction of sp³-hybridized carbons (Fsp3) is 0.458. The number of aliphatic imine (C=N–C) groups is 1. The van der Waals surface area contributed by atoms with E-state index >= 15 is 0 Å². The Morgan fingerprint density at radius 2 is 1.80 bits per heavy atom. The Hall–Kier alpha value is -2.57. The molecule has 2 aromatic rings. The number of benzene rings is 2. The predicted molar refractivity (Wildman–Crippen MR) is 122 cm³/mol. The fourth-order valence-electron chi connectivity index (χ4n) is 3.52. The van der Waals surface area contributed by atoms with Crippen molar-refractivity contribution in [1.82, 2.24) is 15.5 Å². The van der Waals surface area contributed by atoms with E-state index in [9.17, 15) is 0 Å². The lowest BCUT2D eigenvalue weighted by molar-refractivity contribution is 0.0322. The molecule has 0 atom stereocenters. The number of aryl methyl sites for hydroxylation is 1. The number of nitrogens with one attached hydrogen (secondary N) is 2. The number of nitrogens with zero attached hydrogens (tertiary/aromatic N) is 2. The Kier molecular flexibility index (Phi) is 9.00. The highest BCUT2D eigenvalue weighted by molar-refractivity contribution is 5.79. The monoisotopic (exact) mass is 410 g/mol. The number of hydrogen-bond donors (Lipinski definition) is 2. The van der Waals surface area contributed by atoms with Gasteiger partial charge in [0.1, 0.15) is 12.4 Å². The smallest absolute Gasteiger partial charge is 0.191 e. The van der Waals surface area contributed by atoms with Crippen LogP contribution in [0.1, 0.15) is 23.6 Å². The van der Waals surface area contributed by atoms with Crippen molar-refractivity contribution in [3.8, 4) is 5.75 Å². The van der Waals surface area contributed by atoms with Gasteiger partial charge in [0.15, 0.2) is 5.96 Å². The second-order valence-corrected chi connectivity index (χ2v) is 7.35. The molecule has 0 bridgehead atoms. The first-order chi connectivity index (χ1) is 14.8. The highest BCUT2D eigenvalue weighted by Crippen LogP contribution is 2.13. The Bertz CT molecular complexity index is 803. The van der Waals surface area contributed by atoms with E-state index in [0.29, 0.717) is 13.2 Å². The van der Waals surface area contributed by atoms with Crippen molar-refractivity contribution in [3.63, 3.8) is 0 Å². The highest BCUT2D eigenvalue weighted by atomic mass is 16.5. The van der Waals surface area contributed by atoms with Crippen LogP contribution in [0.2, 0.25) is 0 Å². The number of rotatable bonds is 9. The highest BCUT2D eigenvalue weighted by Gasteiger charge is 2.10. The molecule has 0 aliphatic carbocycles. The number of morpholine rings is 1. The van der Waals surface area contributed by atoms with Crippen molar-refractivity contribution in [2.24, 2.45) is 4.99 Å². The summed E-state index contributed by atoms with van der Waals surface area (Å²) in [5.74, 6) is 1.70. The summed E-state index contributed by atoms with van der Waals surface area (Å²) in [6, 6.07) is 16.7. The summed E-state index contributed by atoms with van der Waals surface area (Å²) in [7, 11) is 1.80. The van der Waals surface area contributed by atoms with E-state index in [1.807, 2.05) is 12.1 Å². The molecular weight excluding hydrogens is 376 g/mol. The van der Waals surface area contributed by atoms with Gasteiger partial charge in [-0.15, -0.1) is 0 Å². The maximum Gasteiger partial charge on any atom is 0.191 e. The Morgan fingerprint density at radius 3 is 2.57 bits per heavy atom. The molecule has 0 unspecified atom stereocenters. The van der Waals surface area contributed by atoms with Gasteiger partial charge in [-0.05, 0) is 35.2 Å². The second-order valence-electron chi connectivity index (χ2n) is 7.35. The van der Waals surface area contributed by atoms with Crippen LogP contribution in [0.15, 0.2) is 53.5 Å². The maximum atomic E-state index is 5.96. The van der Waals surface area contributed by atoms with Gasteiger partial charge in [0.2, 0.25) is 0 Å². The van der Waals surface area contributed by atoms with Crippen LogP contribution in [0.3, 0.4) is 0 Å². The van der Waals surface area contributed by atoms with Gasteiger partial charge in [-0.25, -0.2) is 0 Å². The van der Waals surface area contributed by atoms with Gasteiger partial charge < -0.3 is 20.1 Å². The van der Waals surface area contributed by atoms with E-state index in [1.54, 1.807) is 7.05 Å². The zero-order valence-corrected chi connectivity index (χ0v) is 18.2. The second kappa shape index (κ2) is 12.2. The lowest BCUT2D eigenvalue weighted by atomic mass is 10.1. The standard InChI is InChI=1S/C24H34N4O2/c1-3-21-8-4-5-9-22(21)19-27-24(25-2)26-18-20-7-6-10-23(17-20)30-16-13-28-11-14-29-15-12-28/h4-10,17H,3,11-16,18-19H2,1-2H3,(H2,25,26,27). The van der Waals surface area contributed by atoms with Crippen LogP contribution in [0, 0.1) is 0 Å². The third-order valence-electron chi connectivity index (χ3n) is 5.31. The van der Waals surface area contributed by atoms with E-state index < -0.39 is 0 Å². The Labute approximate surface area is 180 Å². The Morgan fingerprint density at radius 1 is 1.03 bits per heavy atom. The van der Waals surface area contributed by atoms with E-state index in [4.69, 9.17) is 9.47 Å².